The molecule has 0 saturated heterocycles. The van der Waals surface area contributed by atoms with Crippen molar-refractivity contribution in [2.45, 2.75) is 75.9 Å². The van der Waals surface area contributed by atoms with Crippen molar-refractivity contribution in [1.29, 1.82) is 0 Å². The SMILES string of the molecule is CO/C(=C\CCCO[Si](C(C)C)(C(C)C)C(C)C)c1ccc([SH](=O)=O)cc1. The van der Waals surface area contributed by atoms with Gasteiger partial charge >= 0.3 is 0 Å². The van der Waals surface area contributed by atoms with E-state index in [1.165, 1.54) is 0 Å². The van der Waals surface area contributed by atoms with Crippen LogP contribution in [0.3, 0.4) is 0 Å². The molecule has 27 heavy (non-hydrogen) atoms. The quantitative estimate of drug-likeness (QED) is 0.222. The van der Waals surface area contributed by atoms with Crippen molar-refractivity contribution in [2.24, 2.45) is 0 Å². The average molecular weight is 413 g/mol. The molecule has 0 amide bonds. The van der Waals surface area contributed by atoms with E-state index in [1.807, 2.05) is 0 Å². The smallest absolute Gasteiger partial charge is 0.200 e. The Morgan fingerprint density at radius 3 is 1.93 bits per heavy atom. The Kier molecular flexibility index (Phi) is 9.77. The van der Waals surface area contributed by atoms with Crippen LogP contribution in [0.4, 0.5) is 0 Å². The lowest BCUT2D eigenvalue weighted by atomic mass is 10.1. The first kappa shape index (κ1) is 23.9. The monoisotopic (exact) mass is 412 g/mol. The standard InChI is InChI=1S/C21H36O4SSi/c1-16(2)27(17(3)4,18(5)6)25-15-9-8-10-21(24-7)19-11-13-20(14-12-19)26(22)23/h10-14,16-18,26H,8-9,15H2,1-7H3/b21-10-. The van der Waals surface area contributed by atoms with Gasteiger partial charge in [0.15, 0.2) is 19.0 Å². The first-order valence-electron chi connectivity index (χ1n) is 9.79. The molecule has 0 aliphatic heterocycles. The highest BCUT2D eigenvalue weighted by molar-refractivity contribution is 7.72. The van der Waals surface area contributed by atoms with Gasteiger partial charge in [-0.15, -0.1) is 0 Å². The molecule has 4 nitrogen and oxygen atoms in total. The van der Waals surface area contributed by atoms with Gasteiger partial charge in [-0.2, -0.15) is 0 Å². The number of hydrogen-bond donors (Lipinski definition) is 1. The minimum atomic E-state index is -2.55. The van der Waals surface area contributed by atoms with E-state index >= 15 is 0 Å². The number of unbranched alkanes of at least 4 members (excludes halogenated alkanes) is 1. The van der Waals surface area contributed by atoms with Gasteiger partial charge in [0.05, 0.1) is 12.0 Å². The van der Waals surface area contributed by atoms with Gasteiger partial charge in [-0.25, -0.2) is 8.42 Å². The molecule has 0 spiro atoms. The topological polar surface area (TPSA) is 52.6 Å². The minimum Gasteiger partial charge on any atom is -0.496 e. The van der Waals surface area contributed by atoms with E-state index < -0.39 is 19.0 Å². The summed E-state index contributed by atoms with van der Waals surface area (Å²) < 4.78 is 34.1. The summed E-state index contributed by atoms with van der Waals surface area (Å²) in [5.41, 5.74) is 2.66. The fraction of sp³-hybridized carbons (Fsp3) is 0.619. The van der Waals surface area contributed by atoms with Crippen molar-refractivity contribution < 1.29 is 17.6 Å². The summed E-state index contributed by atoms with van der Waals surface area (Å²) in [6.07, 6.45) is 3.86. The third kappa shape index (κ3) is 6.19. The minimum absolute atomic E-state index is 0.315. The molecule has 0 N–H and O–H groups in total. The lowest BCUT2D eigenvalue weighted by Gasteiger charge is -2.42. The predicted molar refractivity (Wildman–Crippen MR) is 116 cm³/mol. The van der Waals surface area contributed by atoms with Crippen LogP contribution in [0.1, 0.15) is 59.9 Å². The fourth-order valence-corrected chi connectivity index (χ4v) is 10.0. The van der Waals surface area contributed by atoms with Crippen LogP contribution < -0.4 is 0 Å². The summed E-state index contributed by atoms with van der Waals surface area (Å²) >= 11 is 0. The number of thiol groups is 1. The second-order valence-corrected chi connectivity index (χ2v) is 14.4. The van der Waals surface area contributed by atoms with Crippen LogP contribution in [0, 0.1) is 0 Å². The Hall–Kier alpha value is -1.11. The summed E-state index contributed by atoms with van der Waals surface area (Å²) in [5.74, 6) is 0.766. The summed E-state index contributed by atoms with van der Waals surface area (Å²) in [6, 6.07) is 6.76. The van der Waals surface area contributed by atoms with E-state index in [0.717, 1.165) is 30.8 Å². The highest BCUT2D eigenvalue weighted by Crippen LogP contribution is 2.42. The number of hydrogen-bond acceptors (Lipinski definition) is 4. The van der Waals surface area contributed by atoms with Gasteiger partial charge in [0.25, 0.3) is 0 Å². The van der Waals surface area contributed by atoms with Gasteiger partial charge in [0.1, 0.15) is 5.76 Å². The summed E-state index contributed by atoms with van der Waals surface area (Å²) in [6.45, 7) is 14.6. The zero-order valence-corrected chi connectivity index (χ0v) is 19.7. The summed E-state index contributed by atoms with van der Waals surface area (Å²) in [5, 5.41) is 0. The van der Waals surface area contributed by atoms with Crippen molar-refractivity contribution in [3.8, 4) is 0 Å². The Morgan fingerprint density at radius 2 is 1.52 bits per heavy atom. The molecular weight excluding hydrogens is 376 g/mol. The second kappa shape index (κ2) is 11.0. The molecule has 0 aliphatic rings. The van der Waals surface area contributed by atoms with Crippen molar-refractivity contribution >= 4 is 24.8 Å². The molecule has 0 saturated carbocycles. The molecule has 0 aromatic heterocycles. The molecule has 0 unspecified atom stereocenters. The number of methoxy groups -OCH3 is 1. The molecule has 154 valence electrons. The Balaban J connectivity index is 2.71. The molecule has 0 bridgehead atoms. The van der Waals surface area contributed by atoms with Gasteiger partial charge in [-0.3, -0.25) is 0 Å². The van der Waals surface area contributed by atoms with Gasteiger partial charge in [0.2, 0.25) is 0 Å². The van der Waals surface area contributed by atoms with Crippen molar-refractivity contribution in [1.82, 2.24) is 0 Å². The number of allylic oxidation sites excluding steroid dienone is 1. The zero-order chi connectivity index (χ0) is 20.6. The van der Waals surface area contributed by atoms with Crippen LogP contribution in [0.5, 0.6) is 0 Å². The van der Waals surface area contributed by atoms with Crippen LogP contribution in [-0.4, -0.2) is 30.5 Å². The maximum absolute atomic E-state index is 11.0. The van der Waals surface area contributed by atoms with Gasteiger partial charge in [0, 0.05) is 12.2 Å². The maximum atomic E-state index is 11.0. The molecule has 1 rings (SSSR count). The first-order valence-corrected chi connectivity index (χ1v) is 13.1. The number of ether oxygens (including phenoxy) is 1. The van der Waals surface area contributed by atoms with Gasteiger partial charge < -0.3 is 9.16 Å². The van der Waals surface area contributed by atoms with E-state index in [4.69, 9.17) is 9.16 Å². The van der Waals surface area contributed by atoms with E-state index in [9.17, 15) is 8.42 Å². The number of benzene rings is 1. The highest BCUT2D eigenvalue weighted by atomic mass is 32.2. The largest absolute Gasteiger partial charge is 0.496 e. The lowest BCUT2D eigenvalue weighted by Crippen LogP contribution is -2.47. The van der Waals surface area contributed by atoms with Crippen molar-refractivity contribution in [3.05, 3.63) is 35.9 Å². The summed E-state index contributed by atoms with van der Waals surface area (Å²) in [7, 11) is -2.71. The molecular formula is C21H36O4SSi. The van der Waals surface area contributed by atoms with Crippen LogP contribution in [0.25, 0.3) is 5.76 Å². The third-order valence-electron chi connectivity index (χ3n) is 5.32. The molecule has 0 heterocycles. The molecule has 0 atom stereocenters. The van der Waals surface area contributed by atoms with Crippen molar-refractivity contribution in [2.75, 3.05) is 13.7 Å². The average Bonchev–Trinajstić information content (AvgIpc) is 2.60. The summed E-state index contributed by atoms with van der Waals surface area (Å²) in [4.78, 5) is 0.315. The normalized spacial score (nSPS) is 13.2. The first-order chi connectivity index (χ1) is 12.7. The van der Waals surface area contributed by atoms with Gasteiger partial charge in [-0.1, -0.05) is 41.5 Å². The van der Waals surface area contributed by atoms with E-state index in [-0.39, 0.29) is 0 Å². The molecule has 0 fully saturated rings. The lowest BCUT2D eigenvalue weighted by molar-refractivity contribution is 0.273. The Labute approximate surface area is 168 Å². The second-order valence-electron chi connectivity index (χ2n) is 7.88. The molecule has 1 aromatic carbocycles. The molecule has 0 radical (unpaired) electrons. The zero-order valence-electron chi connectivity index (χ0n) is 17.8. The van der Waals surface area contributed by atoms with Crippen LogP contribution in [0.2, 0.25) is 16.6 Å². The van der Waals surface area contributed by atoms with Crippen LogP contribution in [-0.2, 0) is 19.9 Å². The molecule has 6 heteroatoms. The highest BCUT2D eigenvalue weighted by Gasteiger charge is 2.44. The van der Waals surface area contributed by atoms with Crippen LogP contribution in [0.15, 0.2) is 35.2 Å². The Bertz CT molecular complexity index is 646. The fourth-order valence-electron chi connectivity index (χ4n) is 4.13. The molecule has 0 aliphatic carbocycles. The Morgan fingerprint density at radius 1 is 1.00 bits per heavy atom. The van der Waals surface area contributed by atoms with Crippen molar-refractivity contribution in [3.63, 3.8) is 0 Å². The molecule has 1 aromatic rings. The number of rotatable bonds is 11. The van der Waals surface area contributed by atoms with E-state index in [0.29, 0.717) is 21.5 Å². The maximum Gasteiger partial charge on any atom is 0.200 e. The predicted octanol–water partition coefficient (Wildman–Crippen LogP) is 5.62. The van der Waals surface area contributed by atoms with E-state index in [2.05, 4.69) is 47.6 Å². The third-order valence-corrected chi connectivity index (χ3v) is 12.2. The van der Waals surface area contributed by atoms with Crippen LogP contribution >= 0.6 is 0 Å². The van der Waals surface area contributed by atoms with Gasteiger partial charge in [-0.05, 0) is 59.8 Å². The van der Waals surface area contributed by atoms with E-state index in [1.54, 1.807) is 31.4 Å².